The SMILES string of the molecule is CN1CCN(Cc2cccc(-c3ccc(CN)cc3)c2)CC1. The van der Waals surface area contributed by atoms with Crippen LogP contribution < -0.4 is 5.73 Å². The minimum Gasteiger partial charge on any atom is -0.326 e. The fourth-order valence-electron chi connectivity index (χ4n) is 2.95. The number of benzene rings is 2. The van der Waals surface area contributed by atoms with E-state index in [-0.39, 0.29) is 0 Å². The van der Waals surface area contributed by atoms with Gasteiger partial charge in [-0.3, -0.25) is 4.90 Å². The lowest BCUT2D eigenvalue weighted by molar-refractivity contribution is 0.148. The molecule has 0 radical (unpaired) electrons. The van der Waals surface area contributed by atoms with Gasteiger partial charge in [-0.25, -0.2) is 0 Å². The lowest BCUT2D eigenvalue weighted by atomic mass is 10.0. The minimum atomic E-state index is 0.601. The van der Waals surface area contributed by atoms with E-state index in [2.05, 4.69) is 65.4 Å². The molecule has 1 aliphatic heterocycles. The quantitative estimate of drug-likeness (QED) is 0.941. The standard InChI is InChI=1S/C19H25N3/c1-21-9-11-22(12-10-21)15-17-3-2-4-19(13-17)18-7-5-16(14-20)6-8-18/h2-8,13H,9-12,14-15,20H2,1H3. The molecule has 3 nitrogen and oxygen atoms in total. The second kappa shape index (κ2) is 7.05. The van der Waals surface area contributed by atoms with Gasteiger partial charge in [-0.2, -0.15) is 0 Å². The highest BCUT2D eigenvalue weighted by Crippen LogP contribution is 2.22. The zero-order valence-electron chi connectivity index (χ0n) is 13.3. The van der Waals surface area contributed by atoms with Gasteiger partial charge in [-0.15, -0.1) is 0 Å². The summed E-state index contributed by atoms with van der Waals surface area (Å²) in [6.45, 7) is 6.30. The van der Waals surface area contributed by atoms with E-state index in [1.54, 1.807) is 0 Å². The molecule has 0 bridgehead atoms. The predicted molar refractivity (Wildman–Crippen MR) is 92.5 cm³/mol. The van der Waals surface area contributed by atoms with Crippen molar-refractivity contribution in [2.45, 2.75) is 13.1 Å². The van der Waals surface area contributed by atoms with E-state index in [0.717, 1.165) is 19.6 Å². The zero-order chi connectivity index (χ0) is 15.4. The fourth-order valence-corrected chi connectivity index (χ4v) is 2.95. The van der Waals surface area contributed by atoms with E-state index in [1.807, 2.05) is 0 Å². The Morgan fingerprint density at radius 3 is 2.27 bits per heavy atom. The van der Waals surface area contributed by atoms with Gasteiger partial charge in [0, 0.05) is 39.3 Å². The number of piperazine rings is 1. The Balaban J connectivity index is 1.71. The number of hydrogen-bond donors (Lipinski definition) is 1. The van der Waals surface area contributed by atoms with Crippen molar-refractivity contribution < 1.29 is 0 Å². The molecular formula is C19H25N3. The van der Waals surface area contributed by atoms with Crippen LogP contribution >= 0.6 is 0 Å². The Kier molecular flexibility index (Phi) is 4.88. The Morgan fingerprint density at radius 1 is 0.864 bits per heavy atom. The summed E-state index contributed by atoms with van der Waals surface area (Å²) >= 11 is 0. The van der Waals surface area contributed by atoms with Gasteiger partial charge in [-0.1, -0.05) is 42.5 Å². The summed E-state index contributed by atoms with van der Waals surface area (Å²) in [5.74, 6) is 0. The molecule has 0 unspecified atom stereocenters. The molecule has 0 spiro atoms. The van der Waals surface area contributed by atoms with Crippen molar-refractivity contribution >= 4 is 0 Å². The highest BCUT2D eigenvalue weighted by Gasteiger charge is 2.13. The summed E-state index contributed by atoms with van der Waals surface area (Å²) in [7, 11) is 2.20. The number of hydrogen-bond acceptors (Lipinski definition) is 3. The van der Waals surface area contributed by atoms with Crippen molar-refractivity contribution in [3.05, 3.63) is 59.7 Å². The van der Waals surface area contributed by atoms with Crippen LogP contribution in [-0.2, 0) is 13.1 Å². The molecule has 1 aliphatic rings. The van der Waals surface area contributed by atoms with E-state index in [1.165, 1.54) is 35.3 Å². The van der Waals surface area contributed by atoms with Crippen molar-refractivity contribution in [2.24, 2.45) is 5.73 Å². The van der Waals surface area contributed by atoms with Crippen LogP contribution in [0.1, 0.15) is 11.1 Å². The molecule has 0 aliphatic carbocycles. The summed E-state index contributed by atoms with van der Waals surface area (Å²) < 4.78 is 0. The van der Waals surface area contributed by atoms with Crippen molar-refractivity contribution in [1.82, 2.24) is 9.80 Å². The maximum absolute atomic E-state index is 5.67. The van der Waals surface area contributed by atoms with Crippen molar-refractivity contribution in [3.8, 4) is 11.1 Å². The average Bonchev–Trinajstić information content (AvgIpc) is 2.57. The summed E-state index contributed by atoms with van der Waals surface area (Å²) in [5.41, 5.74) is 10.8. The Hall–Kier alpha value is -1.68. The molecule has 0 amide bonds. The van der Waals surface area contributed by atoms with Gasteiger partial charge in [0.15, 0.2) is 0 Å². The van der Waals surface area contributed by atoms with Crippen molar-refractivity contribution in [1.29, 1.82) is 0 Å². The van der Waals surface area contributed by atoms with Crippen LogP contribution in [0.3, 0.4) is 0 Å². The third kappa shape index (κ3) is 3.74. The normalized spacial score (nSPS) is 16.8. The lowest BCUT2D eigenvalue weighted by Crippen LogP contribution is -2.43. The lowest BCUT2D eigenvalue weighted by Gasteiger charge is -2.32. The highest BCUT2D eigenvalue weighted by atomic mass is 15.2. The van der Waals surface area contributed by atoms with E-state index in [0.29, 0.717) is 6.54 Å². The number of nitrogens with zero attached hydrogens (tertiary/aromatic N) is 2. The molecule has 0 aromatic heterocycles. The molecule has 0 atom stereocenters. The second-order valence-electron chi connectivity index (χ2n) is 6.18. The van der Waals surface area contributed by atoms with Gasteiger partial charge in [0.1, 0.15) is 0 Å². The molecular weight excluding hydrogens is 270 g/mol. The first kappa shape index (κ1) is 15.2. The number of likely N-dealkylation sites (N-methyl/N-ethyl adjacent to an activating group) is 1. The van der Waals surface area contributed by atoms with Crippen LogP contribution in [0, 0.1) is 0 Å². The molecule has 1 saturated heterocycles. The van der Waals surface area contributed by atoms with Crippen LogP contribution in [-0.4, -0.2) is 43.0 Å². The summed E-state index contributed by atoms with van der Waals surface area (Å²) in [5, 5.41) is 0. The van der Waals surface area contributed by atoms with E-state index >= 15 is 0 Å². The van der Waals surface area contributed by atoms with Gasteiger partial charge < -0.3 is 10.6 Å². The third-order valence-corrected chi connectivity index (χ3v) is 4.45. The molecule has 116 valence electrons. The summed E-state index contributed by atoms with van der Waals surface area (Å²) in [4.78, 5) is 4.93. The molecule has 1 heterocycles. The van der Waals surface area contributed by atoms with Gasteiger partial charge >= 0.3 is 0 Å². The first-order valence-electron chi connectivity index (χ1n) is 8.04. The molecule has 22 heavy (non-hydrogen) atoms. The van der Waals surface area contributed by atoms with E-state index < -0.39 is 0 Å². The smallest absolute Gasteiger partial charge is 0.0235 e. The largest absolute Gasteiger partial charge is 0.326 e. The predicted octanol–water partition coefficient (Wildman–Crippen LogP) is 2.56. The third-order valence-electron chi connectivity index (χ3n) is 4.45. The first-order chi connectivity index (χ1) is 10.7. The molecule has 0 saturated carbocycles. The fraction of sp³-hybridized carbons (Fsp3) is 0.368. The van der Waals surface area contributed by atoms with Crippen LogP contribution in [0.15, 0.2) is 48.5 Å². The van der Waals surface area contributed by atoms with Crippen LogP contribution in [0.25, 0.3) is 11.1 Å². The maximum atomic E-state index is 5.67. The van der Waals surface area contributed by atoms with Crippen LogP contribution in [0.2, 0.25) is 0 Å². The molecule has 2 aromatic rings. The molecule has 2 aromatic carbocycles. The Labute approximate surface area is 133 Å². The second-order valence-corrected chi connectivity index (χ2v) is 6.18. The van der Waals surface area contributed by atoms with Crippen molar-refractivity contribution in [3.63, 3.8) is 0 Å². The van der Waals surface area contributed by atoms with Crippen molar-refractivity contribution in [2.75, 3.05) is 33.2 Å². The number of rotatable bonds is 4. The maximum Gasteiger partial charge on any atom is 0.0235 e. The van der Waals surface area contributed by atoms with E-state index in [9.17, 15) is 0 Å². The van der Waals surface area contributed by atoms with E-state index in [4.69, 9.17) is 5.73 Å². The summed E-state index contributed by atoms with van der Waals surface area (Å²) in [6, 6.07) is 17.5. The Bertz CT molecular complexity index is 598. The molecule has 2 N–H and O–H groups in total. The van der Waals surface area contributed by atoms with Crippen LogP contribution in [0.5, 0.6) is 0 Å². The Morgan fingerprint density at radius 2 is 1.59 bits per heavy atom. The van der Waals surface area contributed by atoms with Gasteiger partial charge in [0.2, 0.25) is 0 Å². The minimum absolute atomic E-state index is 0.601. The highest BCUT2D eigenvalue weighted by molar-refractivity contribution is 5.64. The zero-order valence-corrected chi connectivity index (χ0v) is 13.3. The number of nitrogens with two attached hydrogens (primary N) is 1. The average molecular weight is 295 g/mol. The monoisotopic (exact) mass is 295 g/mol. The van der Waals surface area contributed by atoms with Gasteiger partial charge in [0.05, 0.1) is 0 Å². The molecule has 3 heteroatoms. The molecule has 1 fully saturated rings. The summed E-state index contributed by atoms with van der Waals surface area (Å²) in [6.07, 6.45) is 0. The van der Waals surface area contributed by atoms with Gasteiger partial charge in [0.25, 0.3) is 0 Å². The molecule has 3 rings (SSSR count). The topological polar surface area (TPSA) is 32.5 Å². The van der Waals surface area contributed by atoms with Gasteiger partial charge in [-0.05, 0) is 35.4 Å². The first-order valence-corrected chi connectivity index (χ1v) is 8.04. The van der Waals surface area contributed by atoms with Crippen LogP contribution in [0.4, 0.5) is 0 Å².